The third-order valence-electron chi connectivity index (χ3n) is 11.7. The Bertz CT molecular complexity index is 3290. The molecule has 0 radical (unpaired) electrons. The van der Waals surface area contributed by atoms with Crippen molar-refractivity contribution in [3.05, 3.63) is 237 Å². The standard InChI is InChI=1S/C58H39NO/c1-2-10-40(11-3-1)42-20-26-46(27-21-42)50-16-9-17-53(38-50)59(54-34-35-56-55-18-6-7-19-57(55)60-58(56)39-54)52-32-30-44(31-33-52)43-22-24-45(25-23-43)48-14-8-15-49(36-48)51-29-28-41-12-4-5-13-47(41)37-51/h1-39H. The van der Waals surface area contributed by atoms with Crippen LogP contribution < -0.4 is 4.90 Å². The lowest BCUT2D eigenvalue weighted by molar-refractivity contribution is 0.669. The summed E-state index contributed by atoms with van der Waals surface area (Å²) in [6.45, 7) is 0. The van der Waals surface area contributed by atoms with Crippen molar-refractivity contribution >= 4 is 49.8 Å². The molecule has 1 heterocycles. The van der Waals surface area contributed by atoms with E-state index in [0.717, 1.165) is 50.1 Å². The lowest BCUT2D eigenvalue weighted by Gasteiger charge is -2.26. The Balaban J connectivity index is 0.917. The van der Waals surface area contributed by atoms with Gasteiger partial charge in [-0.2, -0.15) is 0 Å². The minimum Gasteiger partial charge on any atom is -0.456 e. The molecular weight excluding hydrogens is 727 g/mol. The van der Waals surface area contributed by atoms with Crippen molar-refractivity contribution in [1.82, 2.24) is 0 Å². The summed E-state index contributed by atoms with van der Waals surface area (Å²) in [6.07, 6.45) is 0. The molecule has 0 spiro atoms. The van der Waals surface area contributed by atoms with E-state index in [2.05, 4.69) is 229 Å². The smallest absolute Gasteiger partial charge is 0.137 e. The van der Waals surface area contributed by atoms with Crippen LogP contribution in [0.5, 0.6) is 0 Å². The second-order valence-electron chi connectivity index (χ2n) is 15.4. The van der Waals surface area contributed by atoms with Crippen LogP contribution >= 0.6 is 0 Å². The number of rotatable bonds is 8. The van der Waals surface area contributed by atoms with E-state index in [1.54, 1.807) is 0 Å². The van der Waals surface area contributed by atoms with Crippen molar-refractivity contribution in [2.75, 3.05) is 4.90 Å². The fourth-order valence-electron chi connectivity index (χ4n) is 8.52. The molecule has 2 heteroatoms. The Hall–Kier alpha value is -7.94. The Morgan fingerprint density at radius 2 is 0.683 bits per heavy atom. The fourth-order valence-corrected chi connectivity index (χ4v) is 8.52. The van der Waals surface area contributed by atoms with Gasteiger partial charge in [-0.1, -0.05) is 176 Å². The number of hydrogen-bond donors (Lipinski definition) is 0. The highest BCUT2D eigenvalue weighted by atomic mass is 16.3. The van der Waals surface area contributed by atoms with Crippen LogP contribution in [0.15, 0.2) is 241 Å². The molecule has 0 unspecified atom stereocenters. The third-order valence-corrected chi connectivity index (χ3v) is 11.7. The molecule has 1 aromatic heterocycles. The molecule has 0 saturated heterocycles. The second-order valence-corrected chi connectivity index (χ2v) is 15.4. The first-order valence-corrected chi connectivity index (χ1v) is 20.5. The molecule has 11 rings (SSSR count). The molecule has 0 aliphatic carbocycles. The van der Waals surface area contributed by atoms with E-state index in [1.807, 2.05) is 12.1 Å². The van der Waals surface area contributed by atoms with Crippen LogP contribution in [-0.4, -0.2) is 0 Å². The Morgan fingerprint density at radius 1 is 0.233 bits per heavy atom. The van der Waals surface area contributed by atoms with Crippen LogP contribution in [0.4, 0.5) is 17.1 Å². The Morgan fingerprint density at radius 3 is 1.40 bits per heavy atom. The predicted molar refractivity (Wildman–Crippen MR) is 253 cm³/mol. The zero-order valence-corrected chi connectivity index (χ0v) is 32.9. The van der Waals surface area contributed by atoms with Gasteiger partial charge in [-0.05, 0) is 121 Å². The zero-order valence-electron chi connectivity index (χ0n) is 32.9. The maximum absolute atomic E-state index is 6.39. The number of anilines is 3. The molecule has 0 atom stereocenters. The summed E-state index contributed by atoms with van der Waals surface area (Å²) in [5, 5.41) is 4.75. The molecule has 2 nitrogen and oxygen atoms in total. The minimum absolute atomic E-state index is 0.867. The van der Waals surface area contributed by atoms with Gasteiger partial charge in [0.1, 0.15) is 11.2 Å². The van der Waals surface area contributed by atoms with E-state index >= 15 is 0 Å². The van der Waals surface area contributed by atoms with Crippen LogP contribution in [0.2, 0.25) is 0 Å². The van der Waals surface area contributed by atoms with Crippen molar-refractivity contribution in [3.8, 4) is 55.6 Å². The summed E-state index contributed by atoms with van der Waals surface area (Å²) in [5.41, 5.74) is 16.8. The maximum atomic E-state index is 6.39. The lowest BCUT2D eigenvalue weighted by atomic mass is 9.96. The van der Waals surface area contributed by atoms with Crippen molar-refractivity contribution in [3.63, 3.8) is 0 Å². The number of para-hydroxylation sites is 1. The van der Waals surface area contributed by atoms with Gasteiger partial charge in [0.2, 0.25) is 0 Å². The van der Waals surface area contributed by atoms with E-state index in [0.29, 0.717) is 0 Å². The van der Waals surface area contributed by atoms with Gasteiger partial charge in [0.25, 0.3) is 0 Å². The van der Waals surface area contributed by atoms with Gasteiger partial charge < -0.3 is 9.32 Å². The summed E-state index contributed by atoms with van der Waals surface area (Å²) in [7, 11) is 0. The SMILES string of the molecule is c1ccc(-c2ccc(-c3cccc(N(c4ccc(-c5ccc(-c6cccc(-c7ccc8ccccc8c7)c6)cc5)cc4)c4ccc5c(c4)oc4ccccc45)c3)cc2)cc1. The summed E-state index contributed by atoms with van der Waals surface area (Å²) in [6, 6.07) is 84.9. The van der Waals surface area contributed by atoms with Gasteiger partial charge in [-0.3, -0.25) is 0 Å². The van der Waals surface area contributed by atoms with Crippen LogP contribution in [0, 0.1) is 0 Å². The molecule has 0 saturated carbocycles. The summed E-state index contributed by atoms with van der Waals surface area (Å²) >= 11 is 0. The number of hydrogen-bond acceptors (Lipinski definition) is 2. The quantitative estimate of drug-likeness (QED) is 0.153. The van der Waals surface area contributed by atoms with Crippen LogP contribution in [0.25, 0.3) is 88.3 Å². The highest BCUT2D eigenvalue weighted by Crippen LogP contribution is 2.41. The number of benzene rings is 10. The predicted octanol–water partition coefficient (Wildman–Crippen LogP) is 16.5. The third kappa shape index (κ3) is 6.70. The highest BCUT2D eigenvalue weighted by molar-refractivity contribution is 6.06. The summed E-state index contributed by atoms with van der Waals surface area (Å²) < 4.78 is 6.39. The first-order chi connectivity index (χ1) is 29.7. The van der Waals surface area contributed by atoms with Crippen molar-refractivity contribution in [2.24, 2.45) is 0 Å². The monoisotopic (exact) mass is 765 g/mol. The molecule has 0 bridgehead atoms. The first kappa shape index (κ1) is 35.2. The summed E-state index contributed by atoms with van der Waals surface area (Å²) in [5.74, 6) is 0. The average Bonchev–Trinajstić information content (AvgIpc) is 3.70. The number of nitrogens with zero attached hydrogens (tertiary/aromatic N) is 1. The normalized spacial score (nSPS) is 11.3. The molecule has 0 N–H and O–H groups in total. The van der Waals surface area contributed by atoms with Gasteiger partial charge in [0.15, 0.2) is 0 Å². The topological polar surface area (TPSA) is 16.4 Å². The van der Waals surface area contributed by atoms with Crippen molar-refractivity contribution in [1.29, 1.82) is 0 Å². The molecule has 11 aromatic rings. The zero-order chi connectivity index (χ0) is 39.8. The molecule has 0 fully saturated rings. The average molecular weight is 766 g/mol. The number of furan rings is 1. The summed E-state index contributed by atoms with van der Waals surface area (Å²) in [4.78, 5) is 2.32. The number of fused-ring (bicyclic) bond motifs is 4. The molecular formula is C58H39NO. The molecule has 0 aliphatic heterocycles. The van der Waals surface area contributed by atoms with E-state index in [4.69, 9.17) is 4.42 Å². The highest BCUT2D eigenvalue weighted by Gasteiger charge is 2.17. The molecule has 282 valence electrons. The van der Waals surface area contributed by atoms with Gasteiger partial charge in [-0.25, -0.2) is 0 Å². The van der Waals surface area contributed by atoms with E-state index in [-0.39, 0.29) is 0 Å². The van der Waals surface area contributed by atoms with Crippen molar-refractivity contribution in [2.45, 2.75) is 0 Å². The van der Waals surface area contributed by atoms with Crippen LogP contribution in [-0.2, 0) is 0 Å². The van der Waals surface area contributed by atoms with Gasteiger partial charge in [0, 0.05) is 33.9 Å². The lowest BCUT2D eigenvalue weighted by Crippen LogP contribution is -2.10. The van der Waals surface area contributed by atoms with Gasteiger partial charge in [0.05, 0.1) is 0 Å². The Kier molecular flexibility index (Phi) is 8.87. The van der Waals surface area contributed by atoms with E-state index in [9.17, 15) is 0 Å². The van der Waals surface area contributed by atoms with Crippen molar-refractivity contribution < 1.29 is 4.42 Å². The van der Waals surface area contributed by atoms with E-state index in [1.165, 1.54) is 55.3 Å². The first-order valence-electron chi connectivity index (χ1n) is 20.5. The Labute approximate surface area is 349 Å². The largest absolute Gasteiger partial charge is 0.456 e. The maximum Gasteiger partial charge on any atom is 0.137 e. The van der Waals surface area contributed by atoms with Crippen LogP contribution in [0.3, 0.4) is 0 Å². The molecule has 60 heavy (non-hydrogen) atoms. The van der Waals surface area contributed by atoms with Gasteiger partial charge >= 0.3 is 0 Å². The van der Waals surface area contributed by atoms with Gasteiger partial charge in [-0.15, -0.1) is 0 Å². The van der Waals surface area contributed by atoms with E-state index < -0.39 is 0 Å². The second kappa shape index (κ2) is 15.1. The molecule has 0 amide bonds. The fraction of sp³-hybridized carbons (Fsp3) is 0. The minimum atomic E-state index is 0.867. The van der Waals surface area contributed by atoms with Crippen LogP contribution in [0.1, 0.15) is 0 Å². The molecule has 10 aromatic carbocycles. The molecule has 0 aliphatic rings.